The minimum atomic E-state index is 0.767. The van der Waals surface area contributed by atoms with Crippen molar-refractivity contribution >= 4 is 17.0 Å². The Morgan fingerprint density at radius 3 is 2.55 bits per heavy atom. The van der Waals surface area contributed by atoms with Crippen molar-refractivity contribution in [3.63, 3.8) is 0 Å². The standard InChI is InChI=1S/C17H13N5/c1-2-4-13(5-3-1)14-10-16-17(19-12-20-22(16)11-14)21-15-6-8-18-9-7-15/h1-12H,(H,18,19,20,21). The van der Waals surface area contributed by atoms with E-state index in [1.165, 1.54) is 0 Å². The van der Waals surface area contributed by atoms with Gasteiger partial charge >= 0.3 is 0 Å². The quantitative estimate of drug-likeness (QED) is 0.626. The molecule has 0 atom stereocenters. The molecule has 5 heteroatoms. The van der Waals surface area contributed by atoms with Crippen molar-refractivity contribution in [1.29, 1.82) is 0 Å². The predicted molar refractivity (Wildman–Crippen MR) is 85.9 cm³/mol. The molecule has 0 spiro atoms. The van der Waals surface area contributed by atoms with Gasteiger partial charge in [0, 0.05) is 29.8 Å². The lowest BCUT2D eigenvalue weighted by atomic mass is 10.1. The summed E-state index contributed by atoms with van der Waals surface area (Å²) in [6.45, 7) is 0. The number of fused-ring (bicyclic) bond motifs is 1. The Hall–Kier alpha value is -3.21. The third-order valence-corrected chi connectivity index (χ3v) is 3.46. The van der Waals surface area contributed by atoms with Gasteiger partial charge in [0.2, 0.25) is 0 Å². The minimum absolute atomic E-state index is 0.767. The molecule has 0 amide bonds. The molecule has 0 aliphatic heterocycles. The van der Waals surface area contributed by atoms with Crippen LogP contribution in [0.1, 0.15) is 0 Å². The highest BCUT2D eigenvalue weighted by molar-refractivity contribution is 5.79. The number of aromatic nitrogens is 4. The van der Waals surface area contributed by atoms with E-state index in [0.717, 1.165) is 28.1 Å². The Balaban J connectivity index is 1.78. The normalized spacial score (nSPS) is 10.7. The second-order valence-electron chi connectivity index (χ2n) is 4.89. The SMILES string of the molecule is c1ccc(-c2cc3c(Nc4ccncc4)ncnn3c2)cc1. The lowest BCUT2D eigenvalue weighted by molar-refractivity contribution is 0.907. The number of pyridine rings is 1. The summed E-state index contributed by atoms with van der Waals surface area (Å²) in [6, 6.07) is 16.1. The van der Waals surface area contributed by atoms with Crippen molar-refractivity contribution in [2.75, 3.05) is 5.32 Å². The molecule has 22 heavy (non-hydrogen) atoms. The highest BCUT2D eigenvalue weighted by Gasteiger charge is 2.08. The van der Waals surface area contributed by atoms with Gasteiger partial charge < -0.3 is 5.32 Å². The molecular weight excluding hydrogens is 274 g/mol. The third kappa shape index (κ3) is 2.29. The van der Waals surface area contributed by atoms with Crippen LogP contribution in [0, 0.1) is 0 Å². The Kier molecular flexibility index (Phi) is 3.01. The molecule has 0 radical (unpaired) electrons. The maximum atomic E-state index is 4.35. The van der Waals surface area contributed by atoms with E-state index in [2.05, 4.69) is 38.6 Å². The molecule has 0 aliphatic carbocycles. The molecule has 0 saturated heterocycles. The molecule has 3 aromatic heterocycles. The molecule has 1 aromatic carbocycles. The van der Waals surface area contributed by atoms with E-state index in [4.69, 9.17) is 0 Å². The Bertz CT molecular complexity index is 900. The average molecular weight is 287 g/mol. The smallest absolute Gasteiger partial charge is 0.158 e. The Morgan fingerprint density at radius 1 is 0.909 bits per heavy atom. The number of anilines is 2. The zero-order valence-electron chi connectivity index (χ0n) is 11.7. The van der Waals surface area contributed by atoms with Gasteiger partial charge in [-0.25, -0.2) is 9.50 Å². The summed E-state index contributed by atoms with van der Waals surface area (Å²) in [4.78, 5) is 8.36. The molecule has 0 aliphatic rings. The van der Waals surface area contributed by atoms with E-state index in [-0.39, 0.29) is 0 Å². The van der Waals surface area contributed by atoms with Gasteiger partial charge in [-0.3, -0.25) is 4.98 Å². The van der Waals surface area contributed by atoms with Crippen LogP contribution in [-0.4, -0.2) is 19.6 Å². The van der Waals surface area contributed by atoms with Crippen LogP contribution in [0.3, 0.4) is 0 Å². The zero-order valence-corrected chi connectivity index (χ0v) is 11.7. The first-order chi connectivity index (χ1) is 10.9. The molecule has 0 bridgehead atoms. The van der Waals surface area contributed by atoms with Gasteiger partial charge in [0.25, 0.3) is 0 Å². The number of rotatable bonds is 3. The minimum Gasteiger partial charge on any atom is -0.338 e. The van der Waals surface area contributed by atoms with Gasteiger partial charge in [-0.1, -0.05) is 30.3 Å². The zero-order chi connectivity index (χ0) is 14.8. The highest BCUT2D eigenvalue weighted by Crippen LogP contribution is 2.26. The number of nitrogens with one attached hydrogen (secondary N) is 1. The second-order valence-corrected chi connectivity index (χ2v) is 4.89. The molecule has 4 rings (SSSR count). The number of benzene rings is 1. The summed E-state index contributed by atoms with van der Waals surface area (Å²) in [5.74, 6) is 0.767. The van der Waals surface area contributed by atoms with Gasteiger partial charge in [-0.15, -0.1) is 0 Å². The second kappa shape index (κ2) is 5.29. The van der Waals surface area contributed by atoms with Crippen LogP contribution in [0.15, 0.2) is 73.4 Å². The third-order valence-electron chi connectivity index (χ3n) is 3.46. The van der Waals surface area contributed by atoms with Crippen LogP contribution in [0.4, 0.5) is 11.5 Å². The number of nitrogens with zero attached hydrogens (tertiary/aromatic N) is 4. The largest absolute Gasteiger partial charge is 0.338 e. The fraction of sp³-hybridized carbons (Fsp3) is 0. The number of hydrogen-bond donors (Lipinski definition) is 1. The van der Waals surface area contributed by atoms with Crippen molar-refractivity contribution in [3.8, 4) is 11.1 Å². The molecule has 1 N–H and O–H groups in total. The van der Waals surface area contributed by atoms with Gasteiger partial charge in [0.1, 0.15) is 11.8 Å². The van der Waals surface area contributed by atoms with Crippen LogP contribution in [0.5, 0.6) is 0 Å². The van der Waals surface area contributed by atoms with Crippen LogP contribution >= 0.6 is 0 Å². The first-order valence-electron chi connectivity index (χ1n) is 6.96. The van der Waals surface area contributed by atoms with E-state index >= 15 is 0 Å². The maximum absolute atomic E-state index is 4.35. The lowest BCUT2D eigenvalue weighted by Gasteiger charge is -2.05. The van der Waals surface area contributed by atoms with Crippen molar-refractivity contribution in [1.82, 2.24) is 19.6 Å². The van der Waals surface area contributed by atoms with Crippen molar-refractivity contribution in [3.05, 3.63) is 73.4 Å². The molecule has 0 saturated carbocycles. The van der Waals surface area contributed by atoms with Crippen molar-refractivity contribution in [2.24, 2.45) is 0 Å². The van der Waals surface area contributed by atoms with Gasteiger partial charge in [0.05, 0.1) is 0 Å². The molecule has 0 unspecified atom stereocenters. The van der Waals surface area contributed by atoms with Crippen molar-refractivity contribution < 1.29 is 0 Å². The fourth-order valence-electron chi connectivity index (χ4n) is 2.39. The molecule has 5 nitrogen and oxygen atoms in total. The first-order valence-corrected chi connectivity index (χ1v) is 6.96. The Morgan fingerprint density at radius 2 is 1.73 bits per heavy atom. The van der Waals surface area contributed by atoms with E-state index in [0.29, 0.717) is 0 Å². The Labute approximate surface area is 127 Å². The van der Waals surface area contributed by atoms with E-state index in [1.807, 2.05) is 41.0 Å². The van der Waals surface area contributed by atoms with E-state index < -0.39 is 0 Å². The van der Waals surface area contributed by atoms with E-state index in [9.17, 15) is 0 Å². The van der Waals surface area contributed by atoms with Crippen LogP contribution in [0.2, 0.25) is 0 Å². The summed E-state index contributed by atoms with van der Waals surface area (Å²) >= 11 is 0. The summed E-state index contributed by atoms with van der Waals surface area (Å²) in [5, 5.41) is 7.58. The van der Waals surface area contributed by atoms with Gasteiger partial charge in [-0.05, 0) is 23.8 Å². The first kappa shape index (κ1) is 12.5. The van der Waals surface area contributed by atoms with Gasteiger partial charge in [-0.2, -0.15) is 5.10 Å². The summed E-state index contributed by atoms with van der Waals surface area (Å²) in [6.07, 6.45) is 7.04. The summed E-state index contributed by atoms with van der Waals surface area (Å²) in [7, 11) is 0. The van der Waals surface area contributed by atoms with Gasteiger partial charge in [0.15, 0.2) is 5.82 Å². The van der Waals surface area contributed by atoms with Crippen LogP contribution in [-0.2, 0) is 0 Å². The van der Waals surface area contributed by atoms with Crippen LogP contribution in [0.25, 0.3) is 16.6 Å². The summed E-state index contributed by atoms with van der Waals surface area (Å²) in [5.41, 5.74) is 4.14. The number of hydrogen-bond acceptors (Lipinski definition) is 4. The molecule has 4 aromatic rings. The van der Waals surface area contributed by atoms with Crippen molar-refractivity contribution in [2.45, 2.75) is 0 Å². The van der Waals surface area contributed by atoms with Crippen LogP contribution < -0.4 is 5.32 Å². The summed E-state index contributed by atoms with van der Waals surface area (Å²) < 4.78 is 1.83. The molecular formula is C17H13N5. The molecule has 3 heterocycles. The lowest BCUT2D eigenvalue weighted by Crippen LogP contribution is -1.99. The monoisotopic (exact) mass is 287 g/mol. The predicted octanol–water partition coefficient (Wildman–Crippen LogP) is 3.53. The highest BCUT2D eigenvalue weighted by atomic mass is 15.2. The molecule has 0 fully saturated rings. The topological polar surface area (TPSA) is 55.1 Å². The van der Waals surface area contributed by atoms with E-state index in [1.54, 1.807) is 18.7 Å². The maximum Gasteiger partial charge on any atom is 0.158 e. The molecule has 106 valence electrons. The average Bonchev–Trinajstić information content (AvgIpc) is 3.02. The fourth-order valence-corrected chi connectivity index (χ4v) is 2.39.